The normalized spacial score (nSPS) is 12.4. The summed E-state index contributed by atoms with van der Waals surface area (Å²) in [6.45, 7) is 7.30. The zero-order valence-electron chi connectivity index (χ0n) is 11.6. The quantitative estimate of drug-likeness (QED) is 0.378. The van der Waals surface area contributed by atoms with Crippen LogP contribution in [0, 0.1) is 5.92 Å². The monoisotopic (exact) mass is 291 g/mol. The number of amides is 1. The van der Waals surface area contributed by atoms with Crippen molar-refractivity contribution in [2.24, 2.45) is 16.6 Å². The van der Waals surface area contributed by atoms with E-state index in [0.29, 0.717) is 5.70 Å². The van der Waals surface area contributed by atoms with Crippen LogP contribution < -0.4 is 11.1 Å². The summed E-state index contributed by atoms with van der Waals surface area (Å²) >= 11 is 5.59. The zero-order chi connectivity index (χ0) is 15.1. The molecule has 106 valence electrons. The van der Waals surface area contributed by atoms with E-state index >= 15 is 0 Å². The van der Waals surface area contributed by atoms with Crippen molar-refractivity contribution in [1.29, 1.82) is 0 Å². The zero-order valence-corrected chi connectivity index (χ0v) is 12.3. The largest absolute Gasteiger partial charge is 0.374 e. The molecule has 0 aromatic heterocycles. The Bertz CT molecular complexity index is 541. The number of carbonyl (C=O) groups is 1. The number of hydrogen-bond acceptors (Lipinski definition) is 2. The number of carbonyl (C=O) groups excluding carboxylic acids is 1. The van der Waals surface area contributed by atoms with E-state index in [1.165, 1.54) is 0 Å². The van der Waals surface area contributed by atoms with Gasteiger partial charge in [-0.1, -0.05) is 38.6 Å². The molecule has 0 aliphatic rings. The second-order valence-corrected chi connectivity index (χ2v) is 4.83. The molecule has 1 rings (SSSR count). The maximum absolute atomic E-state index is 11.6. The molecule has 0 fully saturated rings. The third kappa shape index (κ3) is 4.90. The Kier molecular flexibility index (Phi) is 6.00. The molecule has 1 aromatic carbocycles. The molecule has 0 unspecified atom stereocenters. The minimum atomic E-state index is -0.0634. The highest BCUT2D eigenvalue weighted by atomic mass is 35.5. The predicted octanol–water partition coefficient (Wildman–Crippen LogP) is 3.36. The first kappa shape index (κ1) is 16.0. The summed E-state index contributed by atoms with van der Waals surface area (Å²) in [5, 5.41) is 2.77. The van der Waals surface area contributed by atoms with Gasteiger partial charge in [-0.25, -0.2) is 4.99 Å². The van der Waals surface area contributed by atoms with Crippen molar-refractivity contribution < 1.29 is 4.79 Å². The average molecular weight is 292 g/mol. The SMILES string of the molecule is C=C/C=C(\N=C(N)Cl)c1ccc(NC(=O)C(C)C)cc1. The van der Waals surface area contributed by atoms with E-state index in [9.17, 15) is 4.79 Å². The molecule has 1 aromatic rings. The van der Waals surface area contributed by atoms with Crippen LogP contribution in [0.25, 0.3) is 5.70 Å². The lowest BCUT2D eigenvalue weighted by Gasteiger charge is -2.08. The molecule has 0 saturated carbocycles. The van der Waals surface area contributed by atoms with Gasteiger partial charge in [0.1, 0.15) is 0 Å². The number of nitrogens with two attached hydrogens (primary N) is 1. The molecular formula is C15H18ClN3O. The van der Waals surface area contributed by atoms with Crippen molar-refractivity contribution >= 4 is 34.2 Å². The van der Waals surface area contributed by atoms with E-state index < -0.39 is 0 Å². The molecule has 20 heavy (non-hydrogen) atoms. The van der Waals surface area contributed by atoms with Gasteiger partial charge >= 0.3 is 0 Å². The molecule has 0 atom stereocenters. The standard InChI is InChI=1S/C15H18ClN3O/c1-4-5-13(19-15(16)17)11-6-8-12(9-7-11)18-14(20)10(2)3/h4-10H,1H2,2-3H3,(H2,17,19)(H,18,20)/b13-5-. The molecule has 0 spiro atoms. The first-order chi connectivity index (χ1) is 9.43. The van der Waals surface area contributed by atoms with Gasteiger partial charge in [0.2, 0.25) is 5.91 Å². The van der Waals surface area contributed by atoms with E-state index in [1.54, 1.807) is 24.3 Å². The Balaban J connectivity index is 2.95. The van der Waals surface area contributed by atoms with Crippen molar-refractivity contribution in [3.63, 3.8) is 0 Å². The van der Waals surface area contributed by atoms with Gasteiger partial charge < -0.3 is 11.1 Å². The van der Waals surface area contributed by atoms with Gasteiger partial charge in [0, 0.05) is 17.2 Å². The van der Waals surface area contributed by atoms with Gasteiger partial charge in [0.05, 0.1) is 5.70 Å². The molecule has 0 heterocycles. The minimum Gasteiger partial charge on any atom is -0.374 e. The van der Waals surface area contributed by atoms with Gasteiger partial charge in [-0.15, -0.1) is 0 Å². The number of rotatable bonds is 5. The number of hydrogen-bond donors (Lipinski definition) is 2. The van der Waals surface area contributed by atoms with Crippen LogP contribution in [-0.2, 0) is 4.79 Å². The molecule has 0 bridgehead atoms. The number of halogens is 1. The number of benzene rings is 1. The second-order valence-electron chi connectivity index (χ2n) is 4.44. The Hall–Kier alpha value is -2.07. The summed E-state index contributed by atoms with van der Waals surface area (Å²) in [6.07, 6.45) is 3.31. The molecule has 4 nitrogen and oxygen atoms in total. The van der Waals surface area contributed by atoms with Gasteiger partial charge in [-0.05, 0) is 29.8 Å². The van der Waals surface area contributed by atoms with E-state index in [1.807, 2.05) is 26.0 Å². The van der Waals surface area contributed by atoms with Crippen molar-refractivity contribution in [1.82, 2.24) is 0 Å². The Morgan fingerprint density at radius 2 is 2.00 bits per heavy atom. The average Bonchev–Trinajstić information content (AvgIpc) is 2.38. The number of anilines is 1. The van der Waals surface area contributed by atoms with Crippen molar-refractivity contribution in [2.45, 2.75) is 13.8 Å². The maximum atomic E-state index is 11.6. The first-order valence-electron chi connectivity index (χ1n) is 6.17. The summed E-state index contributed by atoms with van der Waals surface area (Å²) < 4.78 is 0. The molecule has 1 amide bonds. The highest BCUT2D eigenvalue weighted by Crippen LogP contribution is 2.19. The number of nitrogens with one attached hydrogen (secondary N) is 1. The van der Waals surface area contributed by atoms with Crippen LogP contribution in [0.4, 0.5) is 5.69 Å². The van der Waals surface area contributed by atoms with Crippen LogP contribution in [0.2, 0.25) is 0 Å². The van der Waals surface area contributed by atoms with Gasteiger partial charge in [-0.3, -0.25) is 4.79 Å². The van der Waals surface area contributed by atoms with Crippen LogP contribution in [-0.4, -0.2) is 11.2 Å². The first-order valence-corrected chi connectivity index (χ1v) is 6.55. The molecular weight excluding hydrogens is 274 g/mol. The third-order valence-corrected chi connectivity index (χ3v) is 2.56. The van der Waals surface area contributed by atoms with E-state index in [4.69, 9.17) is 17.3 Å². The molecule has 3 N–H and O–H groups in total. The Morgan fingerprint density at radius 3 is 2.45 bits per heavy atom. The summed E-state index contributed by atoms with van der Waals surface area (Å²) in [5.74, 6) is -0.0887. The molecule has 0 radical (unpaired) electrons. The third-order valence-electron chi connectivity index (χ3n) is 2.48. The molecule has 5 heteroatoms. The van der Waals surface area contributed by atoms with Crippen molar-refractivity contribution in [2.75, 3.05) is 5.32 Å². The van der Waals surface area contributed by atoms with Crippen LogP contribution in [0.3, 0.4) is 0 Å². The summed E-state index contributed by atoms with van der Waals surface area (Å²) in [6, 6.07) is 7.25. The molecule has 0 saturated heterocycles. The second kappa shape index (κ2) is 7.50. The maximum Gasteiger partial charge on any atom is 0.226 e. The van der Waals surface area contributed by atoms with Crippen LogP contribution in [0.1, 0.15) is 19.4 Å². The van der Waals surface area contributed by atoms with Crippen LogP contribution in [0.15, 0.2) is 48.0 Å². The summed E-state index contributed by atoms with van der Waals surface area (Å²) in [7, 11) is 0. The van der Waals surface area contributed by atoms with Gasteiger partial charge in [0.25, 0.3) is 0 Å². The molecule has 0 aliphatic heterocycles. The lowest BCUT2D eigenvalue weighted by Crippen LogP contribution is -2.17. The van der Waals surface area contributed by atoms with Crippen LogP contribution >= 0.6 is 11.6 Å². The molecule has 0 aliphatic carbocycles. The minimum absolute atomic E-state index is 0.0253. The highest BCUT2D eigenvalue weighted by molar-refractivity contribution is 6.64. The number of allylic oxidation sites excluding steroid dienone is 2. The highest BCUT2D eigenvalue weighted by Gasteiger charge is 2.07. The van der Waals surface area contributed by atoms with Crippen molar-refractivity contribution in [3.8, 4) is 0 Å². The predicted molar refractivity (Wildman–Crippen MR) is 85.6 cm³/mol. The Morgan fingerprint density at radius 1 is 1.40 bits per heavy atom. The number of amidine groups is 1. The van der Waals surface area contributed by atoms with Crippen molar-refractivity contribution in [3.05, 3.63) is 48.6 Å². The fraction of sp³-hybridized carbons (Fsp3) is 0.200. The summed E-state index contributed by atoms with van der Waals surface area (Å²) in [5.41, 5.74) is 7.54. The lowest BCUT2D eigenvalue weighted by atomic mass is 10.1. The fourth-order valence-corrected chi connectivity index (χ4v) is 1.53. The van der Waals surface area contributed by atoms with E-state index in [-0.39, 0.29) is 17.1 Å². The fourth-order valence-electron chi connectivity index (χ4n) is 1.44. The topological polar surface area (TPSA) is 67.5 Å². The Labute approximate surface area is 124 Å². The smallest absolute Gasteiger partial charge is 0.226 e. The van der Waals surface area contributed by atoms with Gasteiger partial charge in [0.15, 0.2) is 5.29 Å². The van der Waals surface area contributed by atoms with Crippen LogP contribution in [0.5, 0.6) is 0 Å². The van der Waals surface area contributed by atoms with E-state index in [2.05, 4.69) is 16.9 Å². The number of nitrogens with zero attached hydrogens (tertiary/aromatic N) is 1. The summed E-state index contributed by atoms with van der Waals surface area (Å²) in [4.78, 5) is 15.6. The lowest BCUT2D eigenvalue weighted by molar-refractivity contribution is -0.118. The number of aliphatic imine (C=N–C) groups is 1. The van der Waals surface area contributed by atoms with E-state index in [0.717, 1.165) is 11.3 Å². The van der Waals surface area contributed by atoms with Gasteiger partial charge in [-0.2, -0.15) is 0 Å².